The molecule has 0 bridgehead atoms. The number of nitrogens with zero attached hydrogens (tertiary/aromatic N) is 2. The highest BCUT2D eigenvalue weighted by molar-refractivity contribution is 7.11. The summed E-state index contributed by atoms with van der Waals surface area (Å²) in [7, 11) is 0. The molecular formula is C18H29N3OS. The normalized spacial score (nSPS) is 25.9. The van der Waals surface area contributed by atoms with Crippen LogP contribution >= 0.6 is 11.3 Å². The number of rotatable bonds is 5. The molecule has 0 unspecified atom stereocenters. The van der Waals surface area contributed by atoms with Crippen molar-refractivity contribution in [2.24, 2.45) is 11.7 Å². The molecule has 1 saturated heterocycles. The zero-order chi connectivity index (χ0) is 16.2. The van der Waals surface area contributed by atoms with Gasteiger partial charge in [0.1, 0.15) is 0 Å². The summed E-state index contributed by atoms with van der Waals surface area (Å²) >= 11 is 1.92. The number of hydrogen-bond donors (Lipinski definition) is 1. The van der Waals surface area contributed by atoms with Gasteiger partial charge >= 0.3 is 0 Å². The van der Waals surface area contributed by atoms with Crippen LogP contribution in [-0.2, 0) is 17.8 Å². The fourth-order valence-electron chi connectivity index (χ4n) is 3.75. The molecule has 2 aliphatic rings. The van der Waals surface area contributed by atoms with Crippen LogP contribution in [0.25, 0.3) is 0 Å². The van der Waals surface area contributed by atoms with E-state index in [0.29, 0.717) is 18.2 Å². The first kappa shape index (κ1) is 16.9. The number of hydrogen-bond acceptors (Lipinski definition) is 4. The van der Waals surface area contributed by atoms with Crippen molar-refractivity contribution in [2.45, 2.75) is 51.6 Å². The van der Waals surface area contributed by atoms with E-state index in [4.69, 9.17) is 5.73 Å². The van der Waals surface area contributed by atoms with Gasteiger partial charge in [0.2, 0.25) is 5.91 Å². The van der Waals surface area contributed by atoms with Crippen LogP contribution in [0.5, 0.6) is 0 Å². The number of thiophene rings is 1. The van der Waals surface area contributed by atoms with E-state index in [9.17, 15) is 4.79 Å². The Bertz CT molecular complexity index is 522. The predicted molar refractivity (Wildman–Crippen MR) is 95.5 cm³/mol. The lowest BCUT2D eigenvalue weighted by molar-refractivity contribution is -0.134. The van der Waals surface area contributed by atoms with Crippen molar-refractivity contribution in [2.75, 3.05) is 26.2 Å². The van der Waals surface area contributed by atoms with E-state index in [2.05, 4.69) is 24.0 Å². The highest BCUT2D eigenvalue weighted by Gasteiger charge is 2.29. The summed E-state index contributed by atoms with van der Waals surface area (Å²) in [5.41, 5.74) is 6.10. The zero-order valence-corrected chi connectivity index (χ0v) is 15.0. The molecule has 1 aliphatic carbocycles. The topological polar surface area (TPSA) is 49.6 Å². The lowest BCUT2D eigenvalue weighted by Crippen LogP contribution is -2.48. The molecule has 23 heavy (non-hydrogen) atoms. The SMILES string of the molecule is CCc1ccc(CN2CCN(C(=O)C[C@@H]3CCC[C@H]3N)CC2)s1. The maximum Gasteiger partial charge on any atom is 0.222 e. The average molecular weight is 336 g/mol. The van der Waals surface area contributed by atoms with E-state index in [1.54, 1.807) is 0 Å². The van der Waals surface area contributed by atoms with Gasteiger partial charge in [0, 0.05) is 54.9 Å². The van der Waals surface area contributed by atoms with Gasteiger partial charge in [0.05, 0.1) is 0 Å². The number of carbonyl (C=O) groups is 1. The summed E-state index contributed by atoms with van der Waals surface area (Å²) in [5, 5.41) is 0. The van der Waals surface area contributed by atoms with Gasteiger partial charge in [-0.1, -0.05) is 13.3 Å². The molecule has 0 aromatic carbocycles. The van der Waals surface area contributed by atoms with E-state index in [0.717, 1.165) is 52.0 Å². The molecule has 0 spiro atoms. The Labute approximate surface area is 143 Å². The Morgan fingerprint density at radius 3 is 2.57 bits per heavy atom. The Kier molecular flexibility index (Phi) is 5.72. The zero-order valence-electron chi connectivity index (χ0n) is 14.2. The van der Waals surface area contributed by atoms with Crippen molar-refractivity contribution < 1.29 is 4.79 Å². The van der Waals surface area contributed by atoms with Crippen molar-refractivity contribution >= 4 is 17.2 Å². The minimum atomic E-state index is 0.242. The van der Waals surface area contributed by atoms with E-state index in [1.165, 1.54) is 16.2 Å². The van der Waals surface area contributed by atoms with Crippen LogP contribution in [0.2, 0.25) is 0 Å². The maximum absolute atomic E-state index is 12.5. The maximum atomic E-state index is 12.5. The second kappa shape index (κ2) is 7.77. The van der Waals surface area contributed by atoms with E-state index >= 15 is 0 Å². The quantitative estimate of drug-likeness (QED) is 0.899. The molecule has 2 heterocycles. The third-order valence-corrected chi connectivity index (χ3v) is 6.54. The summed E-state index contributed by atoms with van der Waals surface area (Å²) in [6, 6.07) is 4.74. The predicted octanol–water partition coefficient (Wildman–Crippen LogP) is 2.47. The van der Waals surface area contributed by atoms with Crippen LogP contribution in [0.3, 0.4) is 0 Å². The molecule has 128 valence electrons. The molecule has 1 aromatic rings. The fraction of sp³-hybridized carbons (Fsp3) is 0.722. The van der Waals surface area contributed by atoms with Crippen molar-refractivity contribution in [1.29, 1.82) is 0 Å². The Morgan fingerprint density at radius 1 is 1.22 bits per heavy atom. The number of nitrogens with two attached hydrogens (primary N) is 1. The number of aryl methyl sites for hydroxylation is 1. The second-order valence-corrected chi connectivity index (χ2v) is 8.19. The molecule has 2 N–H and O–H groups in total. The molecule has 1 amide bonds. The highest BCUT2D eigenvalue weighted by Crippen LogP contribution is 2.27. The molecule has 1 aromatic heterocycles. The lowest BCUT2D eigenvalue weighted by Gasteiger charge is -2.35. The molecule has 2 fully saturated rings. The summed E-state index contributed by atoms with van der Waals surface area (Å²) in [4.78, 5) is 19.9. The van der Waals surface area contributed by atoms with Gasteiger partial charge < -0.3 is 10.6 Å². The summed E-state index contributed by atoms with van der Waals surface area (Å²) in [6.07, 6.45) is 5.19. The van der Waals surface area contributed by atoms with Crippen LogP contribution in [0.15, 0.2) is 12.1 Å². The van der Waals surface area contributed by atoms with Gasteiger partial charge in [-0.25, -0.2) is 0 Å². The van der Waals surface area contributed by atoms with Gasteiger partial charge in [0.25, 0.3) is 0 Å². The van der Waals surface area contributed by atoms with Crippen LogP contribution in [0, 0.1) is 5.92 Å². The Hall–Kier alpha value is -0.910. The first-order valence-electron chi connectivity index (χ1n) is 8.99. The molecule has 3 rings (SSSR count). The van der Waals surface area contributed by atoms with Crippen LogP contribution in [0.1, 0.15) is 42.4 Å². The minimum absolute atomic E-state index is 0.242. The molecule has 0 radical (unpaired) electrons. The Morgan fingerprint density at radius 2 is 1.96 bits per heavy atom. The summed E-state index contributed by atoms with van der Waals surface area (Å²) in [6.45, 7) is 6.94. The van der Waals surface area contributed by atoms with Gasteiger partial charge in [-0.2, -0.15) is 0 Å². The van der Waals surface area contributed by atoms with E-state index < -0.39 is 0 Å². The van der Waals surface area contributed by atoms with Crippen LogP contribution in [-0.4, -0.2) is 47.9 Å². The highest BCUT2D eigenvalue weighted by atomic mass is 32.1. The molecule has 1 saturated carbocycles. The van der Waals surface area contributed by atoms with Crippen molar-refractivity contribution in [3.63, 3.8) is 0 Å². The van der Waals surface area contributed by atoms with Crippen LogP contribution in [0.4, 0.5) is 0 Å². The molecule has 5 heteroatoms. The van der Waals surface area contributed by atoms with Crippen LogP contribution < -0.4 is 5.73 Å². The molecular weight excluding hydrogens is 306 g/mol. The number of amides is 1. The van der Waals surface area contributed by atoms with Gasteiger partial charge in [-0.3, -0.25) is 9.69 Å². The first-order chi connectivity index (χ1) is 11.2. The summed E-state index contributed by atoms with van der Waals surface area (Å²) < 4.78 is 0. The lowest BCUT2D eigenvalue weighted by atomic mass is 9.99. The molecule has 1 aliphatic heterocycles. The first-order valence-corrected chi connectivity index (χ1v) is 9.80. The van der Waals surface area contributed by atoms with E-state index in [1.807, 2.05) is 16.2 Å². The van der Waals surface area contributed by atoms with Crippen molar-refractivity contribution in [1.82, 2.24) is 9.80 Å². The molecule has 2 atom stereocenters. The van der Waals surface area contributed by atoms with Crippen molar-refractivity contribution in [3.05, 3.63) is 21.9 Å². The monoisotopic (exact) mass is 335 g/mol. The van der Waals surface area contributed by atoms with Gasteiger partial charge in [-0.05, 0) is 37.3 Å². The third-order valence-electron chi connectivity index (χ3n) is 5.32. The summed E-state index contributed by atoms with van der Waals surface area (Å²) in [5.74, 6) is 0.732. The number of piperazine rings is 1. The largest absolute Gasteiger partial charge is 0.340 e. The second-order valence-electron chi connectivity index (χ2n) is 6.94. The van der Waals surface area contributed by atoms with Gasteiger partial charge in [-0.15, -0.1) is 11.3 Å². The number of carbonyl (C=O) groups excluding carboxylic acids is 1. The third kappa shape index (κ3) is 4.34. The van der Waals surface area contributed by atoms with E-state index in [-0.39, 0.29) is 6.04 Å². The fourth-order valence-corrected chi connectivity index (χ4v) is 4.75. The average Bonchev–Trinajstić information content (AvgIpc) is 3.17. The Balaban J connectivity index is 1.43. The minimum Gasteiger partial charge on any atom is -0.340 e. The van der Waals surface area contributed by atoms with Gasteiger partial charge in [0.15, 0.2) is 0 Å². The smallest absolute Gasteiger partial charge is 0.222 e. The van der Waals surface area contributed by atoms with Crippen molar-refractivity contribution in [3.8, 4) is 0 Å². The molecule has 4 nitrogen and oxygen atoms in total. The standard InChI is InChI=1S/C18H29N3OS/c1-2-15-6-7-16(23-15)13-20-8-10-21(11-9-20)18(22)12-14-4-3-5-17(14)19/h6-7,14,17H,2-5,8-13,19H2,1H3/t14-,17+/m0/s1.